The summed E-state index contributed by atoms with van der Waals surface area (Å²) in [5, 5.41) is 13.3. The number of alkyl carbamates (subject to hydrolysis) is 1. The zero-order valence-corrected chi connectivity index (χ0v) is 22.8. The smallest absolute Gasteiger partial charge is 0.443 e. The van der Waals surface area contributed by atoms with Crippen LogP contribution in [0.3, 0.4) is 0 Å². The Balaban J connectivity index is 1.46. The van der Waals surface area contributed by atoms with E-state index in [4.69, 9.17) is 14.5 Å². The molecule has 2 aromatic heterocycles. The molecule has 4 N–H and O–H groups in total. The predicted molar refractivity (Wildman–Crippen MR) is 130 cm³/mol. The summed E-state index contributed by atoms with van der Waals surface area (Å²) in [6.07, 6.45) is -6.23. The average molecular weight is 612 g/mol. The van der Waals surface area contributed by atoms with E-state index < -0.39 is 64.1 Å². The maximum absolute atomic E-state index is 14.8. The molecule has 0 aliphatic heterocycles. The highest BCUT2D eigenvalue weighted by Crippen LogP contribution is 2.40. The molecular weight excluding hydrogens is 583 g/mol. The van der Waals surface area contributed by atoms with Gasteiger partial charge >= 0.3 is 20.1 Å². The fraction of sp³-hybridized carbons (Fsp3) is 0.636. The molecule has 2 fully saturated rings. The van der Waals surface area contributed by atoms with Gasteiger partial charge in [0.15, 0.2) is 6.73 Å². The van der Waals surface area contributed by atoms with Crippen LogP contribution in [-0.2, 0) is 38.9 Å². The van der Waals surface area contributed by atoms with E-state index in [-0.39, 0.29) is 41.3 Å². The molecular formula is C22H29F4N6O8P. The molecule has 19 heteroatoms. The summed E-state index contributed by atoms with van der Waals surface area (Å²) in [7, 11) is -3.56. The minimum absolute atomic E-state index is 0.0478. The van der Waals surface area contributed by atoms with Gasteiger partial charge < -0.3 is 29.9 Å². The number of ether oxygens (including phenoxy) is 2. The minimum Gasteiger partial charge on any atom is -0.443 e. The van der Waals surface area contributed by atoms with Gasteiger partial charge in [0.2, 0.25) is 0 Å². The van der Waals surface area contributed by atoms with E-state index in [9.17, 15) is 31.7 Å². The Hall–Kier alpha value is -3.05. The zero-order valence-electron chi connectivity index (χ0n) is 21.9. The number of hydrogen-bond acceptors (Lipinski definition) is 8. The van der Waals surface area contributed by atoms with Crippen molar-refractivity contribution in [2.75, 3.05) is 11.9 Å². The molecule has 14 nitrogen and oxygen atoms in total. The standard InChI is InChI=1S/C22H29F4N6O8P/c1-21(3-4-21)28-20(34)40-17-6-12(5-14(17)23)15-8-18(32(30-15)11-39-41(35,36)37)27-19(33)16-7-13(29-31(16)2)9-38-10-22(24,25)26/h7-8,12,14,17H,3-6,9-11H2,1-2H3,(H,27,33)(H,28,34)(H2,35,36,37)/t12-,14+,17-/m1/s1. The number of aromatic nitrogens is 4. The topological polar surface area (TPSA) is 179 Å². The van der Waals surface area contributed by atoms with Crippen molar-refractivity contribution in [2.45, 2.75) is 75.9 Å². The van der Waals surface area contributed by atoms with E-state index in [0.29, 0.717) is 0 Å². The lowest BCUT2D eigenvalue weighted by Gasteiger charge is -2.17. The summed E-state index contributed by atoms with van der Waals surface area (Å²) in [6, 6.07) is 2.56. The lowest BCUT2D eigenvalue weighted by Crippen LogP contribution is -2.38. The van der Waals surface area contributed by atoms with Crippen LogP contribution in [0.5, 0.6) is 0 Å². The largest absolute Gasteiger partial charge is 0.471 e. The molecule has 0 saturated heterocycles. The van der Waals surface area contributed by atoms with E-state index in [0.717, 1.165) is 22.2 Å². The van der Waals surface area contributed by atoms with Crippen LogP contribution >= 0.6 is 7.82 Å². The number of phosphoric acid groups is 1. The van der Waals surface area contributed by atoms with Gasteiger partial charge in [-0.15, -0.1) is 0 Å². The predicted octanol–water partition coefficient (Wildman–Crippen LogP) is 2.88. The van der Waals surface area contributed by atoms with Gasteiger partial charge in [-0.2, -0.15) is 23.4 Å². The molecule has 0 radical (unpaired) electrons. The fourth-order valence-electron chi connectivity index (χ4n) is 4.26. The summed E-state index contributed by atoms with van der Waals surface area (Å²) in [6.45, 7) is -0.946. The van der Waals surface area contributed by atoms with Crippen LogP contribution in [0.1, 0.15) is 60.4 Å². The molecule has 0 unspecified atom stereocenters. The van der Waals surface area contributed by atoms with Gasteiger partial charge in [-0.05, 0) is 38.7 Å². The van der Waals surface area contributed by atoms with Crippen molar-refractivity contribution in [2.24, 2.45) is 7.05 Å². The van der Waals surface area contributed by atoms with Gasteiger partial charge in [0, 0.05) is 24.6 Å². The van der Waals surface area contributed by atoms with Crippen molar-refractivity contribution < 1.29 is 55.5 Å². The number of amides is 2. The fourth-order valence-corrected chi connectivity index (χ4v) is 4.52. The summed E-state index contributed by atoms with van der Waals surface area (Å²) in [5.74, 6) is -1.43. The Labute approximate surface area is 230 Å². The number of carbonyl (C=O) groups excluding carboxylic acids is 2. The summed E-state index contributed by atoms with van der Waals surface area (Å²) in [4.78, 5) is 43.3. The molecule has 0 spiro atoms. The van der Waals surface area contributed by atoms with Gasteiger partial charge in [0.05, 0.1) is 18.0 Å². The number of carbonyl (C=O) groups is 2. The van der Waals surface area contributed by atoms with E-state index >= 15 is 0 Å². The first-order valence-corrected chi connectivity index (χ1v) is 13.9. The van der Waals surface area contributed by atoms with Crippen LogP contribution in [-0.4, -0.2) is 71.9 Å². The average Bonchev–Trinajstić information content (AvgIpc) is 3.14. The second-order valence-corrected chi connectivity index (χ2v) is 11.5. The van der Waals surface area contributed by atoms with Crippen LogP contribution in [0.2, 0.25) is 0 Å². The SMILES string of the molecule is Cn1nc(COCC(F)(F)F)cc1C(=O)Nc1cc([C@@H]2C[C@H](F)[C@H](OC(=O)NC3(C)CC3)C2)nn1COP(=O)(O)O. The number of nitrogens with zero attached hydrogens (tertiary/aromatic N) is 4. The number of hydrogen-bond donors (Lipinski definition) is 4. The molecule has 0 aromatic carbocycles. The summed E-state index contributed by atoms with van der Waals surface area (Å²) in [5.41, 5.74) is -0.138. The van der Waals surface area contributed by atoms with Crippen molar-refractivity contribution in [1.29, 1.82) is 0 Å². The second-order valence-electron chi connectivity index (χ2n) is 10.2. The van der Waals surface area contributed by atoms with Crippen LogP contribution in [0.25, 0.3) is 0 Å². The monoisotopic (exact) mass is 612 g/mol. The third-order valence-corrected chi connectivity index (χ3v) is 7.03. The molecule has 2 aliphatic carbocycles. The van der Waals surface area contributed by atoms with Gasteiger partial charge in [-0.1, -0.05) is 0 Å². The third kappa shape index (κ3) is 8.72. The normalized spacial score (nSPS) is 22.0. The first kappa shape index (κ1) is 30.9. The van der Waals surface area contributed by atoms with Crippen molar-refractivity contribution in [3.8, 4) is 0 Å². The van der Waals surface area contributed by atoms with E-state index in [2.05, 4.69) is 30.1 Å². The van der Waals surface area contributed by atoms with Gasteiger partial charge in [0.1, 0.15) is 30.4 Å². The molecule has 228 valence electrons. The number of anilines is 1. The number of aryl methyl sites for hydroxylation is 1. The quantitative estimate of drug-likeness (QED) is 0.218. The third-order valence-electron chi connectivity index (χ3n) is 6.58. The lowest BCUT2D eigenvalue weighted by molar-refractivity contribution is -0.176. The van der Waals surface area contributed by atoms with Crippen molar-refractivity contribution in [3.05, 3.63) is 29.2 Å². The number of rotatable bonds is 11. The van der Waals surface area contributed by atoms with Crippen molar-refractivity contribution >= 4 is 25.6 Å². The van der Waals surface area contributed by atoms with Gasteiger partial charge in [-0.25, -0.2) is 18.4 Å². The molecule has 2 aliphatic rings. The first-order valence-electron chi connectivity index (χ1n) is 12.4. The summed E-state index contributed by atoms with van der Waals surface area (Å²) >= 11 is 0. The molecule has 2 amide bonds. The summed E-state index contributed by atoms with van der Waals surface area (Å²) < 4.78 is 79.4. The Morgan fingerprint density at radius 2 is 1.93 bits per heavy atom. The Bertz CT molecular complexity index is 1320. The molecule has 0 bridgehead atoms. The highest BCUT2D eigenvalue weighted by Gasteiger charge is 2.43. The molecule has 2 saturated carbocycles. The molecule has 41 heavy (non-hydrogen) atoms. The van der Waals surface area contributed by atoms with Crippen LogP contribution in [0, 0.1) is 0 Å². The first-order chi connectivity index (χ1) is 19.0. The Kier molecular flexibility index (Phi) is 8.80. The van der Waals surface area contributed by atoms with Gasteiger partial charge in [0.25, 0.3) is 5.91 Å². The number of alkyl halides is 4. The number of nitrogens with one attached hydrogen (secondary N) is 2. The van der Waals surface area contributed by atoms with E-state index in [1.165, 1.54) is 19.2 Å². The van der Waals surface area contributed by atoms with E-state index in [1.807, 2.05) is 6.92 Å². The maximum Gasteiger partial charge on any atom is 0.471 e. The second kappa shape index (κ2) is 11.7. The zero-order chi connectivity index (χ0) is 30.2. The Morgan fingerprint density at radius 3 is 2.56 bits per heavy atom. The molecule has 2 heterocycles. The molecule has 4 rings (SSSR count). The van der Waals surface area contributed by atoms with E-state index in [1.54, 1.807) is 0 Å². The minimum atomic E-state index is -4.94. The Morgan fingerprint density at radius 1 is 1.22 bits per heavy atom. The maximum atomic E-state index is 14.8. The van der Waals surface area contributed by atoms with Crippen LogP contribution in [0.4, 0.5) is 28.2 Å². The highest BCUT2D eigenvalue weighted by atomic mass is 31.2. The molecule has 3 atom stereocenters. The van der Waals surface area contributed by atoms with Gasteiger partial charge in [-0.3, -0.25) is 14.0 Å². The number of phosphoric ester groups is 1. The number of halogens is 4. The van der Waals surface area contributed by atoms with Crippen molar-refractivity contribution in [3.63, 3.8) is 0 Å². The van der Waals surface area contributed by atoms with Crippen LogP contribution in [0.15, 0.2) is 12.1 Å². The van der Waals surface area contributed by atoms with Crippen molar-refractivity contribution in [1.82, 2.24) is 24.9 Å². The lowest BCUT2D eigenvalue weighted by atomic mass is 10.0. The molecule has 2 aromatic rings. The highest BCUT2D eigenvalue weighted by molar-refractivity contribution is 7.46. The van der Waals surface area contributed by atoms with Crippen LogP contribution < -0.4 is 10.6 Å².